The van der Waals surface area contributed by atoms with E-state index in [2.05, 4.69) is 24.5 Å². The van der Waals surface area contributed by atoms with Gasteiger partial charge >= 0.3 is 0 Å². The van der Waals surface area contributed by atoms with Gasteiger partial charge in [-0.2, -0.15) is 0 Å². The molecule has 2 amide bonds. The molecule has 1 unspecified atom stereocenters. The van der Waals surface area contributed by atoms with Gasteiger partial charge in [-0.15, -0.1) is 12.4 Å². The predicted molar refractivity (Wildman–Crippen MR) is 105 cm³/mol. The molecule has 4 N–H and O–H groups in total. The average Bonchev–Trinajstić information content (AvgIpc) is 2.50. The lowest BCUT2D eigenvalue weighted by Gasteiger charge is -2.19. The van der Waals surface area contributed by atoms with Crippen LogP contribution in [0.25, 0.3) is 0 Å². The van der Waals surface area contributed by atoms with Crippen molar-refractivity contribution < 1.29 is 9.59 Å². The Hall–Kier alpha value is -1.59. The second-order valence-electron chi connectivity index (χ2n) is 7.67. The molecule has 6 heteroatoms. The predicted octanol–water partition coefficient (Wildman–Crippen LogP) is 2.87. The van der Waals surface area contributed by atoms with Gasteiger partial charge in [-0.3, -0.25) is 9.59 Å². The molecule has 0 fully saturated rings. The summed E-state index contributed by atoms with van der Waals surface area (Å²) in [6.07, 6.45) is 0.860. The summed E-state index contributed by atoms with van der Waals surface area (Å²) in [7, 11) is 0. The first-order valence-corrected chi connectivity index (χ1v) is 8.51. The highest BCUT2D eigenvalue weighted by Crippen LogP contribution is 2.13. The van der Waals surface area contributed by atoms with Crippen LogP contribution in [0.1, 0.15) is 57.0 Å². The molecular weight excluding hydrogens is 338 g/mol. The van der Waals surface area contributed by atoms with Crippen LogP contribution in [-0.4, -0.2) is 24.4 Å². The molecule has 0 spiro atoms. The van der Waals surface area contributed by atoms with Crippen LogP contribution in [0.15, 0.2) is 24.3 Å². The van der Waals surface area contributed by atoms with Gasteiger partial charge in [0.2, 0.25) is 5.91 Å². The first kappa shape index (κ1) is 23.4. The first-order valence-electron chi connectivity index (χ1n) is 8.51. The largest absolute Gasteiger partial charge is 0.352 e. The number of carbonyl (C=O) groups is 2. The van der Waals surface area contributed by atoms with Gasteiger partial charge in [-0.05, 0) is 30.0 Å². The summed E-state index contributed by atoms with van der Waals surface area (Å²) >= 11 is 0. The summed E-state index contributed by atoms with van der Waals surface area (Å²) in [5.74, 6) is 0.368. The lowest BCUT2D eigenvalue weighted by atomic mass is 9.95. The van der Waals surface area contributed by atoms with Gasteiger partial charge in [-0.1, -0.05) is 46.8 Å². The molecule has 1 rings (SSSR count). The zero-order chi connectivity index (χ0) is 18.3. The molecule has 0 aromatic heterocycles. The van der Waals surface area contributed by atoms with E-state index < -0.39 is 5.41 Å². The number of halogens is 1. The van der Waals surface area contributed by atoms with E-state index in [0.29, 0.717) is 24.6 Å². The SMILES string of the molecule is CC(C)CC(CN)NC(=O)c1ccc(CNC(=O)C(C)(C)C)cc1.Cl. The van der Waals surface area contributed by atoms with Crippen molar-refractivity contribution in [2.75, 3.05) is 6.54 Å². The standard InChI is InChI=1S/C19H31N3O2.ClH/c1-13(2)10-16(11-20)22-17(23)15-8-6-14(7-9-15)12-21-18(24)19(3,4)5;/h6-9,13,16H,10-12,20H2,1-5H3,(H,21,24)(H,22,23);1H. The monoisotopic (exact) mass is 369 g/mol. The highest BCUT2D eigenvalue weighted by molar-refractivity contribution is 5.94. The molecule has 0 aliphatic heterocycles. The Labute approximate surface area is 157 Å². The summed E-state index contributed by atoms with van der Waals surface area (Å²) in [6.45, 7) is 10.7. The molecule has 142 valence electrons. The van der Waals surface area contributed by atoms with Crippen molar-refractivity contribution in [3.05, 3.63) is 35.4 Å². The van der Waals surface area contributed by atoms with Crippen molar-refractivity contribution in [1.29, 1.82) is 0 Å². The molecule has 1 aromatic rings. The number of hydrogen-bond donors (Lipinski definition) is 3. The minimum atomic E-state index is -0.409. The van der Waals surface area contributed by atoms with E-state index in [1.807, 2.05) is 32.9 Å². The van der Waals surface area contributed by atoms with E-state index in [4.69, 9.17) is 5.73 Å². The zero-order valence-electron chi connectivity index (χ0n) is 15.9. The Kier molecular flexibility index (Phi) is 9.75. The third-order valence-corrected chi connectivity index (χ3v) is 3.73. The molecule has 0 aliphatic rings. The Bertz CT molecular complexity index is 551. The normalized spacial score (nSPS) is 12.3. The van der Waals surface area contributed by atoms with Crippen molar-refractivity contribution >= 4 is 24.2 Å². The lowest BCUT2D eigenvalue weighted by molar-refractivity contribution is -0.128. The number of benzene rings is 1. The Balaban J connectivity index is 0.00000576. The molecule has 0 radical (unpaired) electrons. The van der Waals surface area contributed by atoms with Crippen molar-refractivity contribution in [2.24, 2.45) is 17.1 Å². The molecular formula is C19H32ClN3O2. The Morgan fingerprint density at radius 3 is 2.12 bits per heavy atom. The van der Waals surface area contributed by atoms with Gasteiger partial charge in [-0.25, -0.2) is 0 Å². The summed E-state index contributed by atoms with van der Waals surface area (Å²) in [6, 6.07) is 7.26. The van der Waals surface area contributed by atoms with Crippen LogP contribution in [0.5, 0.6) is 0 Å². The molecule has 0 heterocycles. The third kappa shape index (κ3) is 8.36. The number of nitrogens with two attached hydrogens (primary N) is 1. The van der Waals surface area contributed by atoms with Crippen LogP contribution in [0, 0.1) is 11.3 Å². The smallest absolute Gasteiger partial charge is 0.251 e. The van der Waals surface area contributed by atoms with Crippen molar-refractivity contribution in [2.45, 2.75) is 53.6 Å². The van der Waals surface area contributed by atoms with Crippen LogP contribution in [0.2, 0.25) is 0 Å². The van der Waals surface area contributed by atoms with E-state index in [9.17, 15) is 9.59 Å². The molecule has 0 aliphatic carbocycles. The molecule has 5 nitrogen and oxygen atoms in total. The summed E-state index contributed by atoms with van der Waals surface area (Å²) in [5, 5.41) is 5.86. The topological polar surface area (TPSA) is 84.2 Å². The van der Waals surface area contributed by atoms with E-state index in [0.717, 1.165) is 12.0 Å². The molecule has 0 saturated heterocycles. The minimum absolute atomic E-state index is 0. The van der Waals surface area contributed by atoms with E-state index >= 15 is 0 Å². The van der Waals surface area contributed by atoms with Crippen LogP contribution in [-0.2, 0) is 11.3 Å². The van der Waals surface area contributed by atoms with Crippen LogP contribution in [0.3, 0.4) is 0 Å². The van der Waals surface area contributed by atoms with E-state index in [1.165, 1.54) is 0 Å². The van der Waals surface area contributed by atoms with Crippen molar-refractivity contribution in [1.82, 2.24) is 10.6 Å². The van der Waals surface area contributed by atoms with Gasteiger partial charge in [0, 0.05) is 30.1 Å². The summed E-state index contributed by atoms with van der Waals surface area (Å²) in [4.78, 5) is 24.1. The Morgan fingerprint density at radius 1 is 1.12 bits per heavy atom. The maximum Gasteiger partial charge on any atom is 0.251 e. The van der Waals surface area contributed by atoms with Crippen molar-refractivity contribution in [3.8, 4) is 0 Å². The summed E-state index contributed by atoms with van der Waals surface area (Å²) in [5.41, 5.74) is 6.87. The van der Waals surface area contributed by atoms with Crippen LogP contribution in [0.4, 0.5) is 0 Å². The van der Waals surface area contributed by atoms with Gasteiger partial charge < -0.3 is 16.4 Å². The van der Waals surface area contributed by atoms with Gasteiger partial charge in [0.05, 0.1) is 0 Å². The maximum atomic E-state index is 12.3. The number of nitrogens with one attached hydrogen (secondary N) is 2. The number of hydrogen-bond acceptors (Lipinski definition) is 3. The Morgan fingerprint density at radius 2 is 1.68 bits per heavy atom. The maximum absolute atomic E-state index is 12.3. The van der Waals surface area contributed by atoms with Crippen LogP contribution >= 0.6 is 12.4 Å². The highest BCUT2D eigenvalue weighted by Gasteiger charge is 2.20. The molecule has 1 atom stereocenters. The second kappa shape index (κ2) is 10.4. The fourth-order valence-electron chi connectivity index (χ4n) is 2.27. The fourth-order valence-corrected chi connectivity index (χ4v) is 2.27. The third-order valence-electron chi connectivity index (χ3n) is 3.73. The van der Waals surface area contributed by atoms with E-state index in [-0.39, 0.29) is 30.3 Å². The lowest BCUT2D eigenvalue weighted by Crippen LogP contribution is -2.41. The zero-order valence-corrected chi connectivity index (χ0v) is 16.7. The average molecular weight is 370 g/mol. The molecule has 25 heavy (non-hydrogen) atoms. The van der Waals surface area contributed by atoms with Crippen molar-refractivity contribution in [3.63, 3.8) is 0 Å². The first-order chi connectivity index (χ1) is 11.1. The number of amides is 2. The number of rotatable bonds is 7. The molecule has 0 bridgehead atoms. The summed E-state index contributed by atoms with van der Waals surface area (Å²) < 4.78 is 0. The quantitative estimate of drug-likeness (QED) is 0.690. The number of carbonyl (C=O) groups excluding carboxylic acids is 2. The molecule has 1 aromatic carbocycles. The molecule has 0 saturated carbocycles. The van der Waals surface area contributed by atoms with E-state index in [1.54, 1.807) is 12.1 Å². The van der Waals surface area contributed by atoms with Gasteiger partial charge in [0.15, 0.2) is 0 Å². The van der Waals surface area contributed by atoms with Gasteiger partial charge in [0.1, 0.15) is 0 Å². The van der Waals surface area contributed by atoms with Gasteiger partial charge in [0.25, 0.3) is 5.91 Å². The second-order valence-corrected chi connectivity index (χ2v) is 7.67. The fraction of sp³-hybridized carbons (Fsp3) is 0.579. The minimum Gasteiger partial charge on any atom is -0.352 e. The van der Waals surface area contributed by atoms with Crippen LogP contribution < -0.4 is 16.4 Å². The highest BCUT2D eigenvalue weighted by atomic mass is 35.5.